The molecule has 2 heterocycles. The molecule has 0 saturated carbocycles. The van der Waals surface area contributed by atoms with Gasteiger partial charge in [0.1, 0.15) is 0 Å². The summed E-state index contributed by atoms with van der Waals surface area (Å²) in [7, 11) is 0. The number of hydrogen-bond acceptors (Lipinski definition) is 3. The largest absolute Gasteiger partial charge is 0.262 e. The quantitative estimate of drug-likeness (QED) is 0.641. The van der Waals surface area contributed by atoms with E-state index in [0.717, 1.165) is 5.71 Å². The van der Waals surface area contributed by atoms with E-state index >= 15 is 0 Å². The summed E-state index contributed by atoms with van der Waals surface area (Å²) in [4.78, 5) is 4.55. The van der Waals surface area contributed by atoms with Crippen LogP contribution >= 0.6 is 0 Å². The summed E-state index contributed by atoms with van der Waals surface area (Å²) in [5.41, 5.74) is 2.48. The first-order valence-electron chi connectivity index (χ1n) is 6.49. The lowest BCUT2D eigenvalue weighted by Gasteiger charge is -2.33. The lowest BCUT2D eigenvalue weighted by atomic mass is 9.87. The van der Waals surface area contributed by atoms with Crippen molar-refractivity contribution in [2.24, 2.45) is 20.9 Å². The Morgan fingerprint density at radius 3 is 2.28 bits per heavy atom. The van der Waals surface area contributed by atoms with E-state index in [2.05, 4.69) is 64.9 Å². The standard InChI is InChI=1S/C15H23N3/c1-14(2,3)11-9-16-13-8-7-12(15(4,5)6)17-18(13)10-11/h7-10,13H,1-6H3. The Morgan fingerprint density at radius 2 is 1.72 bits per heavy atom. The van der Waals surface area contributed by atoms with E-state index < -0.39 is 0 Å². The maximum absolute atomic E-state index is 4.71. The summed E-state index contributed by atoms with van der Waals surface area (Å²) < 4.78 is 0. The molecule has 18 heavy (non-hydrogen) atoms. The third kappa shape index (κ3) is 2.55. The third-order valence-corrected chi connectivity index (χ3v) is 3.19. The van der Waals surface area contributed by atoms with Crippen molar-refractivity contribution in [1.82, 2.24) is 5.01 Å². The molecule has 3 heteroatoms. The van der Waals surface area contributed by atoms with E-state index in [1.807, 2.05) is 11.2 Å². The van der Waals surface area contributed by atoms with E-state index in [-0.39, 0.29) is 17.0 Å². The van der Waals surface area contributed by atoms with E-state index in [4.69, 9.17) is 5.10 Å². The van der Waals surface area contributed by atoms with Crippen LogP contribution in [0.5, 0.6) is 0 Å². The Morgan fingerprint density at radius 1 is 1.06 bits per heavy atom. The highest BCUT2D eigenvalue weighted by molar-refractivity contribution is 5.99. The maximum Gasteiger partial charge on any atom is 0.160 e. The minimum Gasteiger partial charge on any atom is -0.262 e. The number of nitrogens with zero attached hydrogens (tertiary/aromatic N) is 3. The van der Waals surface area contributed by atoms with Crippen LogP contribution in [0.15, 0.2) is 34.0 Å². The summed E-state index contributed by atoms with van der Waals surface area (Å²) in [5, 5.41) is 6.69. The van der Waals surface area contributed by atoms with Gasteiger partial charge in [-0.2, -0.15) is 5.10 Å². The Hall–Kier alpha value is -1.38. The molecule has 0 bridgehead atoms. The SMILES string of the molecule is CC(C)(C)C1=CN2N=C(C(C)(C)C)C=CC2N=C1. The highest BCUT2D eigenvalue weighted by Crippen LogP contribution is 2.30. The van der Waals surface area contributed by atoms with Gasteiger partial charge in [0.05, 0.1) is 5.71 Å². The topological polar surface area (TPSA) is 28.0 Å². The van der Waals surface area contributed by atoms with Crippen molar-refractivity contribution in [1.29, 1.82) is 0 Å². The molecule has 2 rings (SSSR count). The predicted octanol–water partition coefficient (Wildman–Crippen LogP) is 3.60. The van der Waals surface area contributed by atoms with E-state index in [9.17, 15) is 0 Å². The van der Waals surface area contributed by atoms with Gasteiger partial charge in [-0.25, -0.2) is 5.01 Å². The van der Waals surface area contributed by atoms with Crippen LogP contribution in [0.3, 0.4) is 0 Å². The van der Waals surface area contributed by atoms with Crippen LogP contribution in [0.2, 0.25) is 0 Å². The molecular formula is C15H23N3. The zero-order valence-electron chi connectivity index (χ0n) is 12.2. The van der Waals surface area contributed by atoms with Crippen LogP contribution in [-0.4, -0.2) is 23.1 Å². The fourth-order valence-corrected chi connectivity index (χ4v) is 1.83. The third-order valence-electron chi connectivity index (χ3n) is 3.19. The second-order valence-corrected chi connectivity index (χ2v) is 7.00. The van der Waals surface area contributed by atoms with Gasteiger partial charge < -0.3 is 0 Å². The zero-order valence-corrected chi connectivity index (χ0v) is 12.2. The molecule has 2 aliphatic heterocycles. The van der Waals surface area contributed by atoms with Crippen LogP contribution in [0.25, 0.3) is 0 Å². The Balaban J connectivity index is 2.31. The molecule has 0 aromatic carbocycles. The molecule has 0 aliphatic carbocycles. The summed E-state index contributed by atoms with van der Waals surface area (Å²) in [6.45, 7) is 13.1. The predicted molar refractivity (Wildman–Crippen MR) is 77.7 cm³/mol. The van der Waals surface area contributed by atoms with Gasteiger partial charge in [-0.3, -0.25) is 4.99 Å². The van der Waals surface area contributed by atoms with Gasteiger partial charge in [0, 0.05) is 17.8 Å². The molecule has 0 aromatic rings. The number of rotatable bonds is 0. The van der Waals surface area contributed by atoms with Crippen molar-refractivity contribution in [3.05, 3.63) is 23.9 Å². The highest BCUT2D eigenvalue weighted by atomic mass is 15.5. The first kappa shape index (κ1) is 13.1. The molecule has 2 aliphatic rings. The van der Waals surface area contributed by atoms with Crippen molar-refractivity contribution in [3.63, 3.8) is 0 Å². The van der Waals surface area contributed by atoms with E-state index in [1.54, 1.807) is 0 Å². The fourth-order valence-electron chi connectivity index (χ4n) is 1.83. The van der Waals surface area contributed by atoms with Crippen molar-refractivity contribution >= 4 is 11.9 Å². The van der Waals surface area contributed by atoms with Crippen LogP contribution in [0.1, 0.15) is 41.5 Å². The summed E-state index contributed by atoms with van der Waals surface area (Å²) in [6.07, 6.45) is 8.33. The van der Waals surface area contributed by atoms with Gasteiger partial charge in [0.25, 0.3) is 0 Å². The van der Waals surface area contributed by atoms with Gasteiger partial charge in [-0.1, -0.05) is 41.5 Å². The summed E-state index contributed by atoms with van der Waals surface area (Å²) >= 11 is 0. The smallest absolute Gasteiger partial charge is 0.160 e. The van der Waals surface area contributed by atoms with Crippen LogP contribution in [-0.2, 0) is 0 Å². The second-order valence-electron chi connectivity index (χ2n) is 7.00. The van der Waals surface area contributed by atoms with Crippen LogP contribution in [0, 0.1) is 10.8 Å². The molecule has 0 spiro atoms. The number of hydrazone groups is 1. The summed E-state index contributed by atoms with van der Waals surface area (Å²) in [5.74, 6) is 0. The average molecular weight is 245 g/mol. The van der Waals surface area contributed by atoms with E-state index in [1.165, 1.54) is 5.57 Å². The lowest BCUT2D eigenvalue weighted by Crippen LogP contribution is -2.35. The number of allylic oxidation sites excluding steroid dienone is 2. The van der Waals surface area contributed by atoms with Crippen molar-refractivity contribution < 1.29 is 0 Å². The minimum absolute atomic E-state index is 0.0298. The molecule has 1 atom stereocenters. The molecule has 0 fully saturated rings. The molecule has 0 saturated heterocycles. The number of fused-ring (bicyclic) bond motifs is 1. The van der Waals surface area contributed by atoms with Gasteiger partial charge in [-0.15, -0.1) is 0 Å². The second kappa shape index (κ2) is 4.08. The van der Waals surface area contributed by atoms with Gasteiger partial charge in [0.15, 0.2) is 6.17 Å². The molecule has 0 aromatic heterocycles. The van der Waals surface area contributed by atoms with Crippen molar-refractivity contribution in [2.45, 2.75) is 47.7 Å². The first-order chi connectivity index (χ1) is 8.18. The Labute approximate surface area is 110 Å². The summed E-state index contributed by atoms with van der Waals surface area (Å²) in [6, 6.07) is 0. The fraction of sp³-hybridized carbons (Fsp3) is 0.600. The number of hydrogen-bond donors (Lipinski definition) is 0. The lowest BCUT2D eigenvalue weighted by molar-refractivity contribution is 0.320. The first-order valence-corrected chi connectivity index (χ1v) is 6.49. The molecular weight excluding hydrogens is 222 g/mol. The van der Waals surface area contributed by atoms with Crippen molar-refractivity contribution in [3.8, 4) is 0 Å². The molecule has 3 nitrogen and oxygen atoms in total. The molecule has 98 valence electrons. The average Bonchev–Trinajstić information content (AvgIpc) is 2.25. The maximum atomic E-state index is 4.71. The molecule has 0 amide bonds. The highest BCUT2D eigenvalue weighted by Gasteiger charge is 2.27. The van der Waals surface area contributed by atoms with E-state index in [0.29, 0.717) is 0 Å². The van der Waals surface area contributed by atoms with Crippen molar-refractivity contribution in [2.75, 3.05) is 0 Å². The Kier molecular flexibility index (Phi) is 2.96. The number of aliphatic imine (C=N–C) groups is 1. The Bertz CT molecular complexity index is 411. The normalized spacial score (nSPS) is 23.7. The van der Waals surface area contributed by atoms with Crippen LogP contribution in [0.4, 0.5) is 0 Å². The minimum atomic E-state index is 0.0298. The molecule has 1 unspecified atom stereocenters. The van der Waals surface area contributed by atoms with Gasteiger partial charge >= 0.3 is 0 Å². The zero-order chi connectivity index (χ0) is 13.6. The molecule has 0 N–H and O–H groups in total. The molecule has 0 radical (unpaired) electrons. The van der Waals surface area contributed by atoms with Gasteiger partial charge in [-0.05, 0) is 23.1 Å². The van der Waals surface area contributed by atoms with Gasteiger partial charge in [0.2, 0.25) is 0 Å². The van der Waals surface area contributed by atoms with Crippen LogP contribution < -0.4 is 0 Å². The monoisotopic (exact) mass is 245 g/mol.